The molecule has 1 fully saturated rings. The van der Waals surface area contributed by atoms with E-state index in [2.05, 4.69) is 33.2 Å². The molecule has 0 N–H and O–H groups in total. The number of aromatic nitrogens is 2. The van der Waals surface area contributed by atoms with Crippen molar-refractivity contribution in [1.82, 2.24) is 9.78 Å². The molecule has 0 aliphatic heterocycles. The van der Waals surface area contributed by atoms with E-state index in [1.54, 1.807) is 0 Å². The van der Waals surface area contributed by atoms with E-state index >= 15 is 0 Å². The van der Waals surface area contributed by atoms with Gasteiger partial charge in [0.05, 0.1) is 10.2 Å². The first kappa shape index (κ1) is 10.1. The first-order valence-corrected chi connectivity index (χ1v) is 6.34. The molecule has 1 aliphatic rings. The second-order valence-electron chi connectivity index (χ2n) is 4.31. The zero-order chi connectivity index (χ0) is 11.1. The zero-order valence-electron chi connectivity index (χ0n) is 9.15. The van der Waals surface area contributed by atoms with Crippen molar-refractivity contribution >= 4 is 15.9 Å². The molecule has 1 heterocycles. The van der Waals surface area contributed by atoms with E-state index in [1.165, 1.54) is 28.6 Å². The van der Waals surface area contributed by atoms with Gasteiger partial charge in [0.25, 0.3) is 0 Å². The van der Waals surface area contributed by atoms with Crippen LogP contribution >= 0.6 is 15.9 Å². The number of nitrogens with zero attached hydrogens (tertiary/aromatic N) is 2. The molecule has 82 valence electrons. The summed E-state index contributed by atoms with van der Waals surface area (Å²) in [5, 5.41) is 4.61. The Balaban J connectivity index is 2.12. The highest BCUT2D eigenvalue weighted by Gasteiger charge is 2.30. The fourth-order valence-corrected chi connectivity index (χ4v) is 2.98. The molecule has 3 heteroatoms. The molecule has 2 nitrogen and oxygen atoms in total. The van der Waals surface area contributed by atoms with Gasteiger partial charge in [0, 0.05) is 18.5 Å². The second-order valence-corrected chi connectivity index (χ2v) is 5.10. The third kappa shape index (κ3) is 1.59. The summed E-state index contributed by atoms with van der Waals surface area (Å²) in [7, 11) is 2.03. The van der Waals surface area contributed by atoms with Crippen LogP contribution in [0.3, 0.4) is 0 Å². The number of aryl methyl sites for hydroxylation is 1. The van der Waals surface area contributed by atoms with E-state index < -0.39 is 0 Å². The Labute approximate surface area is 103 Å². The average molecular weight is 277 g/mol. The van der Waals surface area contributed by atoms with Crippen molar-refractivity contribution < 1.29 is 0 Å². The third-order valence-electron chi connectivity index (χ3n) is 3.04. The summed E-state index contributed by atoms with van der Waals surface area (Å²) in [6.45, 7) is 0. The summed E-state index contributed by atoms with van der Waals surface area (Å²) in [5.74, 6) is 0.712. The molecular weight excluding hydrogens is 264 g/mol. The fourth-order valence-electron chi connectivity index (χ4n) is 2.09. The van der Waals surface area contributed by atoms with Crippen molar-refractivity contribution in [1.29, 1.82) is 0 Å². The number of hydrogen-bond donors (Lipinski definition) is 0. The molecule has 1 saturated carbocycles. The molecule has 2 aromatic rings. The minimum absolute atomic E-state index is 0.712. The van der Waals surface area contributed by atoms with Gasteiger partial charge in [-0.3, -0.25) is 4.68 Å². The lowest BCUT2D eigenvalue weighted by Gasteiger charge is -1.98. The van der Waals surface area contributed by atoms with Gasteiger partial charge in [-0.15, -0.1) is 0 Å². The molecule has 0 amide bonds. The van der Waals surface area contributed by atoms with Crippen molar-refractivity contribution in [3.05, 3.63) is 40.5 Å². The maximum absolute atomic E-state index is 4.61. The molecule has 1 aromatic heterocycles. The predicted octanol–water partition coefficient (Wildman–Crippen LogP) is 3.73. The third-order valence-corrected chi connectivity index (χ3v) is 3.82. The van der Waals surface area contributed by atoms with Gasteiger partial charge in [-0.25, -0.2) is 0 Å². The molecule has 0 bridgehead atoms. The monoisotopic (exact) mass is 276 g/mol. The fraction of sp³-hybridized carbons (Fsp3) is 0.308. The Morgan fingerprint density at radius 2 is 1.94 bits per heavy atom. The van der Waals surface area contributed by atoms with E-state index in [0.717, 1.165) is 5.69 Å². The Kier molecular flexibility index (Phi) is 2.36. The quantitative estimate of drug-likeness (QED) is 0.817. The van der Waals surface area contributed by atoms with Gasteiger partial charge in [0.15, 0.2) is 0 Å². The molecule has 0 unspecified atom stereocenters. The number of benzene rings is 1. The highest BCUT2D eigenvalue weighted by Crippen LogP contribution is 2.45. The van der Waals surface area contributed by atoms with Crippen molar-refractivity contribution in [3.8, 4) is 11.3 Å². The van der Waals surface area contributed by atoms with Crippen molar-refractivity contribution in [2.24, 2.45) is 7.05 Å². The Morgan fingerprint density at radius 1 is 1.25 bits per heavy atom. The number of halogens is 1. The summed E-state index contributed by atoms with van der Waals surface area (Å²) in [6.07, 6.45) is 2.60. The van der Waals surface area contributed by atoms with Gasteiger partial charge in [-0.1, -0.05) is 30.3 Å². The lowest BCUT2D eigenvalue weighted by molar-refractivity contribution is 0.714. The summed E-state index contributed by atoms with van der Waals surface area (Å²) < 4.78 is 3.19. The maximum Gasteiger partial charge on any atom is 0.107 e. The van der Waals surface area contributed by atoms with Crippen molar-refractivity contribution in [2.75, 3.05) is 0 Å². The van der Waals surface area contributed by atoms with Gasteiger partial charge in [-0.2, -0.15) is 5.10 Å². The molecular formula is C13H13BrN2. The van der Waals surface area contributed by atoms with Crippen LogP contribution < -0.4 is 0 Å². The molecule has 16 heavy (non-hydrogen) atoms. The molecule has 1 aromatic carbocycles. The standard InChI is InChI=1S/C13H13BrN2/c1-16-13(10-7-8-10)11(14)12(15-16)9-5-3-2-4-6-9/h2-6,10H,7-8H2,1H3. The SMILES string of the molecule is Cn1nc(-c2ccccc2)c(Br)c1C1CC1. The minimum Gasteiger partial charge on any atom is -0.271 e. The smallest absolute Gasteiger partial charge is 0.107 e. The van der Waals surface area contributed by atoms with Crippen LogP contribution in [0.1, 0.15) is 24.5 Å². The van der Waals surface area contributed by atoms with Crippen LogP contribution in [0, 0.1) is 0 Å². The molecule has 0 radical (unpaired) electrons. The first-order valence-electron chi connectivity index (χ1n) is 5.55. The zero-order valence-corrected chi connectivity index (χ0v) is 10.7. The molecule has 3 rings (SSSR count). The summed E-state index contributed by atoms with van der Waals surface area (Å²) >= 11 is 3.70. The van der Waals surface area contributed by atoms with E-state index in [-0.39, 0.29) is 0 Å². The number of hydrogen-bond acceptors (Lipinski definition) is 1. The van der Waals surface area contributed by atoms with Gasteiger partial charge in [0.2, 0.25) is 0 Å². The topological polar surface area (TPSA) is 17.8 Å². The summed E-state index contributed by atoms with van der Waals surface area (Å²) in [6, 6.07) is 10.3. The first-order chi connectivity index (χ1) is 7.77. The van der Waals surface area contributed by atoms with Gasteiger partial charge < -0.3 is 0 Å². The largest absolute Gasteiger partial charge is 0.271 e. The second kappa shape index (κ2) is 3.74. The average Bonchev–Trinajstić information content (AvgIpc) is 3.07. The lowest BCUT2D eigenvalue weighted by atomic mass is 10.1. The van der Waals surface area contributed by atoms with Crippen LogP contribution in [-0.4, -0.2) is 9.78 Å². The van der Waals surface area contributed by atoms with Crippen LogP contribution in [0.4, 0.5) is 0 Å². The highest BCUT2D eigenvalue weighted by atomic mass is 79.9. The maximum atomic E-state index is 4.61. The molecule has 0 atom stereocenters. The van der Waals surface area contributed by atoms with E-state index in [1.807, 2.05) is 29.9 Å². The van der Waals surface area contributed by atoms with E-state index in [4.69, 9.17) is 0 Å². The van der Waals surface area contributed by atoms with Gasteiger partial charge in [0.1, 0.15) is 5.69 Å². The van der Waals surface area contributed by atoms with Crippen LogP contribution in [0.15, 0.2) is 34.8 Å². The normalized spacial score (nSPS) is 15.4. The minimum atomic E-state index is 0.712. The molecule has 1 aliphatic carbocycles. The van der Waals surface area contributed by atoms with Gasteiger partial charge in [-0.05, 0) is 28.8 Å². The van der Waals surface area contributed by atoms with Crippen molar-refractivity contribution in [3.63, 3.8) is 0 Å². The van der Waals surface area contributed by atoms with Crippen LogP contribution in [0.25, 0.3) is 11.3 Å². The lowest BCUT2D eigenvalue weighted by Crippen LogP contribution is -1.96. The number of rotatable bonds is 2. The van der Waals surface area contributed by atoms with Crippen LogP contribution in [0.2, 0.25) is 0 Å². The van der Waals surface area contributed by atoms with E-state index in [0.29, 0.717) is 5.92 Å². The summed E-state index contributed by atoms with van der Waals surface area (Å²) in [5.41, 5.74) is 3.58. The highest BCUT2D eigenvalue weighted by molar-refractivity contribution is 9.10. The van der Waals surface area contributed by atoms with Crippen LogP contribution in [0.5, 0.6) is 0 Å². The van der Waals surface area contributed by atoms with E-state index in [9.17, 15) is 0 Å². The van der Waals surface area contributed by atoms with Crippen LogP contribution in [-0.2, 0) is 7.05 Å². The Bertz CT molecular complexity index is 512. The molecule has 0 saturated heterocycles. The Hall–Kier alpha value is -1.09. The predicted molar refractivity (Wildman–Crippen MR) is 68.3 cm³/mol. The van der Waals surface area contributed by atoms with Gasteiger partial charge >= 0.3 is 0 Å². The Morgan fingerprint density at radius 3 is 2.56 bits per heavy atom. The van der Waals surface area contributed by atoms with Crippen molar-refractivity contribution in [2.45, 2.75) is 18.8 Å². The molecule has 0 spiro atoms. The summed E-state index contributed by atoms with van der Waals surface area (Å²) in [4.78, 5) is 0.